The summed E-state index contributed by atoms with van der Waals surface area (Å²) < 4.78 is 13.2. The molecule has 2 saturated heterocycles. The smallest absolute Gasteiger partial charge is 0.123 e. The van der Waals surface area contributed by atoms with E-state index in [0.29, 0.717) is 24.2 Å². The largest absolute Gasteiger partial charge is 0.309 e. The van der Waals surface area contributed by atoms with E-state index in [0.717, 1.165) is 6.54 Å². The van der Waals surface area contributed by atoms with Crippen LogP contribution in [0.3, 0.4) is 0 Å². The molecule has 2 atom stereocenters. The molecule has 128 valence electrons. The van der Waals surface area contributed by atoms with Gasteiger partial charge < -0.3 is 10.2 Å². The number of likely N-dealkylation sites (N-methyl/N-ethyl adjacent to an activating group) is 1. The van der Waals surface area contributed by atoms with Crippen molar-refractivity contribution in [3.63, 3.8) is 0 Å². The summed E-state index contributed by atoms with van der Waals surface area (Å²) in [4.78, 5) is 4.96. The molecule has 4 heteroatoms. The normalized spacial score (nSPS) is 27.9. The van der Waals surface area contributed by atoms with Crippen molar-refractivity contribution in [1.82, 2.24) is 15.1 Å². The van der Waals surface area contributed by atoms with Gasteiger partial charge in [0.05, 0.1) is 0 Å². The molecule has 1 N–H and O–H groups in total. The SMILES string of the molecule is CC(C)N1CCC(N[C@H]2CCN(C)[C@H]2c2ccc(F)cc2)CC1. The van der Waals surface area contributed by atoms with Gasteiger partial charge >= 0.3 is 0 Å². The van der Waals surface area contributed by atoms with Gasteiger partial charge in [-0.15, -0.1) is 0 Å². The Morgan fingerprint density at radius 2 is 1.70 bits per heavy atom. The van der Waals surface area contributed by atoms with E-state index in [-0.39, 0.29) is 5.82 Å². The monoisotopic (exact) mass is 319 g/mol. The number of halogens is 1. The Morgan fingerprint density at radius 1 is 1.04 bits per heavy atom. The maximum absolute atomic E-state index is 13.2. The Balaban J connectivity index is 1.62. The van der Waals surface area contributed by atoms with Crippen LogP contribution >= 0.6 is 0 Å². The highest BCUT2D eigenvalue weighted by atomic mass is 19.1. The molecular weight excluding hydrogens is 289 g/mol. The number of nitrogens with one attached hydrogen (secondary N) is 1. The van der Waals surface area contributed by atoms with Crippen LogP contribution in [0.1, 0.15) is 44.7 Å². The van der Waals surface area contributed by atoms with Crippen LogP contribution in [-0.4, -0.2) is 54.6 Å². The van der Waals surface area contributed by atoms with Crippen molar-refractivity contribution in [3.05, 3.63) is 35.6 Å². The number of hydrogen-bond acceptors (Lipinski definition) is 3. The lowest BCUT2D eigenvalue weighted by molar-refractivity contribution is 0.152. The van der Waals surface area contributed by atoms with E-state index in [4.69, 9.17) is 0 Å². The molecule has 1 aromatic rings. The third kappa shape index (κ3) is 3.93. The highest BCUT2D eigenvalue weighted by Crippen LogP contribution is 2.32. The summed E-state index contributed by atoms with van der Waals surface area (Å²) >= 11 is 0. The molecule has 0 bridgehead atoms. The van der Waals surface area contributed by atoms with Crippen molar-refractivity contribution in [3.8, 4) is 0 Å². The number of nitrogens with zero attached hydrogens (tertiary/aromatic N) is 2. The second-order valence-corrected chi connectivity index (χ2v) is 7.44. The molecular formula is C19H30FN3. The minimum absolute atomic E-state index is 0.153. The molecule has 0 aromatic heterocycles. The first-order valence-corrected chi connectivity index (χ1v) is 9.00. The van der Waals surface area contributed by atoms with Crippen molar-refractivity contribution >= 4 is 0 Å². The number of rotatable bonds is 4. The van der Waals surface area contributed by atoms with Crippen LogP contribution in [-0.2, 0) is 0 Å². The molecule has 0 saturated carbocycles. The van der Waals surface area contributed by atoms with Gasteiger partial charge in [0.1, 0.15) is 5.82 Å². The fourth-order valence-electron chi connectivity index (χ4n) is 4.15. The molecule has 0 aliphatic carbocycles. The fourth-order valence-corrected chi connectivity index (χ4v) is 4.15. The lowest BCUT2D eigenvalue weighted by Gasteiger charge is -2.37. The molecule has 3 rings (SSSR count). The lowest BCUT2D eigenvalue weighted by Crippen LogP contribution is -2.49. The maximum atomic E-state index is 13.2. The summed E-state index contributed by atoms with van der Waals surface area (Å²) in [6.45, 7) is 8.05. The van der Waals surface area contributed by atoms with Gasteiger partial charge in [-0.05, 0) is 70.9 Å². The zero-order valence-electron chi connectivity index (χ0n) is 14.6. The van der Waals surface area contributed by atoms with Gasteiger partial charge in [0.2, 0.25) is 0 Å². The number of hydrogen-bond donors (Lipinski definition) is 1. The quantitative estimate of drug-likeness (QED) is 0.920. The van der Waals surface area contributed by atoms with E-state index in [1.54, 1.807) is 12.1 Å². The molecule has 23 heavy (non-hydrogen) atoms. The molecule has 0 unspecified atom stereocenters. The Kier molecular flexibility index (Phi) is 5.34. The summed E-state index contributed by atoms with van der Waals surface area (Å²) in [7, 11) is 2.18. The molecule has 3 nitrogen and oxygen atoms in total. The summed E-state index contributed by atoms with van der Waals surface area (Å²) in [5.41, 5.74) is 1.23. The zero-order valence-corrected chi connectivity index (χ0v) is 14.6. The van der Waals surface area contributed by atoms with Gasteiger partial charge in [0, 0.05) is 30.7 Å². The van der Waals surface area contributed by atoms with Crippen LogP contribution in [0, 0.1) is 5.82 Å². The first kappa shape index (κ1) is 16.9. The third-order valence-corrected chi connectivity index (χ3v) is 5.57. The van der Waals surface area contributed by atoms with Crippen LogP contribution in [0.2, 0.25) is 0 Å². The van der Waals surface area contributed by atoms with Crippen molar-refractivity contribution in [1.29, 1.82) is 0 Å². The van der Waals surface area contributed by atoms with Gasteiger partial charge in [-0.2, -0.15) is 0 Å². The zero-order chi connectivity index (χ0) is 16.4. The predicted octanol–water partition coefficient (Wildman–Crippen LogP) is 3.03. The summed E-state index contributed by atoms with van der Waals surface area (Å²) in [5.74, 6) is -0.153. The van der Waals surface area contributed by atoms with E-state index < -0.39 is 0 Å². The minimum Gasteiger partial charge on any atom is -0.309 e. The average Bonchev–Trinajstić information content (AvgIpc) is 2.89. The second-order valence-electron chi connectivity index (χ2n) is 7.44. The first-order valence-electron chi connectivity index (χ1n) is 9.00. The number of piperidine rings is 1. The topological polar surface area (TPSA) is 18.5 Å². The van der Waals surface area contributed by atoms with Crippen LogP contribution in [0.4, 0.5) is 4.39 Å². The van der Waals surface area contributed by atoms with Crippen LogP contribution < -0.4 is 5.32 Å². The number of benzene rings is 1. The molecule has 0 radical (unpaired) electrons. The third-order valence-electron chi connectivity index (χ3n) is 5.57. The maximum Gasteiger partial charge on any atom is 0.123 e. The van der Waals surface area contributed by atoms with E-state index in [1.165, 1.54) is 37.9 Å². The molecule has 1 aromatic carbocycles. The Morgan fingerprint density at radius 3 is 2.30 bits per heavy atom. The van der Waals surface area contributed by atoms with E-state index in [2.05, 4.69) is 36.0 Å². The van der Waals surface area contributed by atoms with Crippen LogP contribution in [0.5, 0.6) is 0 Å². The van der Waals surface area contributed by atoms with E-state index >= 15 is 0 Å². The molecule has 2 aliphatic rings. The summed E-state index contributed by atoms with van der Waals surface area (Å²) in [6.07, 6.45) is 3.63. The van der Waals surface area contributed by atoms with Crippen molar-refractivity contribution < 1.29 is 4.39 Å². The second kappa shape index (κ2) is 7.29. The van der Waals surface area contributed by atoms with Gasteiger partial charge in [0.25, 0.3) is 0 Å². The van der Waals surface area contributed by atoms with Gasteiger partial charge in [0.15, 0.2) is 0 Å². The minimum atomic E-state index is -0.153. The van der Waals surface area contributed by atoms with Crippen LogP contribution in [0.25, 0.3) is 0 Å². The Labute approximate surface area is 139 Å². The molecule has 2 heterocycles. The highest BCUT2D eigenvalue weighted by Gasteiger charge is 2.34. The summed E-state index contributed by atoms with van der Waals surface area (Å²) in [5, 5.41) is 3.91. The fraction of sp³-hybridized carbons (Fsp3) is 0.684. The standard InChI is InChI=1S/C19H30FN3/c1-14(2)23-12-8-17(9-13-23)21-18-10-11-22(3)19(18)15-4-6-16(20)7-5-15/h4-7,14,17-19,21H,8-13H2,1-3H3/t18-,19-/m0/s1. The molecule has 2 fully saturated rings. The van der Waals surface area contributed by atoms with Gasteiger partial charge in [-0.3, -0.25) is 4.90 Å². The molecule has 0 spiro atoms. The lowest BCUT2D eigenvalue weighted by atomic mass is 9.97. The first-order chi connectivity index (χ1) is 11.0. The van der Waals surface area contributed by atoms with Crippen molar-refractivity contribution in [2.45, 2.75) is 57.3 Å². The van der Waals surface area contributed by atoms with Crippen molar-refractivity contribution in [2.75, 3.05) is 26.7 Å². The summed E-state index contributed by atoms with van der Waals surface area (Å²) in [6, 6.07) is 9.15. The van der Waals surface area contributed by atoms with Gasteiger partial charge in [-0.1, -0.05) is 12.1 Å². The van der Waals surface area contributed by atoms with E-state index in [9.17, 15) is 4.39 Å². The van der Waals surface area contributed by atoms with E-state index in [1.807, 2.05) is 12.1 Å². The van der Waals surface area contributed by atoms with Crippen LogP contribution in [0.15, 0.2) is 24.3 Å². The van der Waals surface area contributed by atoms with Gasteiger partial charge in [-0.25, -0.2) is 4.39 Å². The molecule has 2 aliphatic heterocycles. The highest BCUT2D eigenvalue weighted by molar-refractivity contribution is 5.23. The Bertz CT molecular complexity index is 494. The average molecular weight is 319 g/mol. The number of likely N-dealkylation sites (tertiary alicyclic amines) is 2. The predicted molar refractivity (Wildman–Crippen MR) is 93.0 cm³/mol. The Hall–Kier alpha value is -0.970. The molecule has 0 amide bonds. The van der Waals surface area contributed by atoms with Crippen molar-refractivity contribution in [2.24, 2.45) is 0 Å².